The Morgan fingerprint density at radius 1 is 1.17 bits per heavy atom. The summed E-state index contributed by atoms with van der Waals surface area (Å²) in [6, 6.07) is 13.8. The molecule has 0 radical (unpaired) electrons. The number of amides is 1. The summed E-state index contributed by atoms with van der Waals surface area (Å²) in [5.74, 6) is 1.97. The fourth-order valence-electron chi connectivity index (χ4n) is 2.90. The Labute approximate surface area is 150 Å². The molecule has 4 nitrogen and oxygen atoms in total. The van der Waals surface area contributed by atoms with Crippen molar-refractivity contribution in [2.24, 2.45) is 5.92 Å². The number of methoxy groups -OCH3 is 2. The van der Waals surface area contributed by atoms with E-state index in [9.17, 15) is 4.79 Å². The highest BCUT2D eigenvalue weighted by Gasteiger charge is 2.43. The Balaban J connectivity index is 1.60. The van der Waals surface area contributed by atoms with Crippen molar-refractivity contribution in [1.82, 2.24) is 5.32 Å². The lowest BCUT2D eigenvalue weighted by molar-refractivity contribution is -0.122. The maximum absolute atomic E-state index is 12.4. The van der Waals surface area contributed by atoms with Gasteiger partial charge in [0.2, 0.25) is 5.91 Å². The van der Waals surface area contributed by atoms with Crippen molar-refractivity contribution < 1.29 is 14.3 Å². The van der Waals surface area contributed by atoms with Gasteiger partial charge in [0.05, 0.1) is 14.2 Å². The number of halogens is 1. The first kappa shape index (κ1) is 16.8. The van der Waals surface area contributed by atoms with E-state index in [-0.39, 0.29) is 11.8 Å². The molecule has 0 aromatic heterocycles. The van der Waals surface area contributed by atoms with Crippen LogP contribution >= 0.6 is 15.9 Å². The van der Waals surface area contributed by atoms with Crippen LogP contribution in [0.2, 0.25) is 0 Å². The summed E-state index contributed by atoms with van der Waals surface area (Å²) in [5, 5.41) is 3.01. The summed E-state index contributed by atoms with van der Waals surface area (Å²) in [7, 11) is 3.24. The molecular weight excluding hydrogens is 370 g/mol. The van der Waals surface area contributed by atoms with E-state index in [4.69, 9.17) is 9.47 Å². The van der Waals surface area contributed by atoms with Gasteiger partial charge in [0.25, 0.3) is 0 Å². The van der Waals surface area contributed by atoms with E-state index in [0.717, 1.165) is 28.0 Å². The largest absolute Gasteiger partial charge is 0.497 e. The van der Waals surface area contributed by atoms with Crippen LogP contribution < -0.4 is 14.8 Å². The Kier molecular flexibility index (Phi) is 5.09. The third-order valence-corrected chi connectivity index (χ3v) is 4.89. The molecule has 0 bridgehead atoms. The van der Waals surface area contributed by atoms with Crippen LogP contribution in [0.25, 0.3) is 0 Å². The number of carbonyl (C=O) groups is 1. The van der Waals surface area contributed by atoms with Crippen LogP contribution in [0.3, 0.4) is 0 Å². The maximum Gasteiger partial charge on any atom is 0.224 e. The highest BCUT2D eigenvalue weighted by atomic mass is 79.9. The van der Waals surface area contributed by atoms with Crippen molar-refractivity contribution >= 4 is 21.8 Å². The summed E-state index contributed by atoms with van der Waals surface area (Å²) in [6.45, 7) is 0.433. The molecule has 0 saturated heterocycles. The number of hydrogen-bond acceptors (Lipinski definition) is 3. The fraction of sp³-hybridized carbons (Fsp3) is 0.316. The van der Waals surface area contributed by atoms with Crippen molar-refractivity contribution in [3.63, 3.8) is 0 Å². The highest BCUT2D eigenvalue weighted by Crippen LogP contribution is 2.47. The molecule has 2 unspecified atom stereocenters. The monoisotopic (exact) mass is 389 g/mol. The maximum atomic E-state index is 12.4. The molecular formula is C19H20BrNO3. The molecule has 24 heavy (non-hydrogen) atoms. The van der Waals surface area contributed by atoms with E-state index in [1.807, 2.05) is 30.3 Å². The number of hydrogen-bond donors (Lipinski definition) is 1. The Morgan fingerprint density at radius 3 is 2.58 bits per heavy atom. The topological polar surface area (TPSA) is 47.6 Å². The number of rotatable bonds is 6. The molecule has 1 N–H and O–H groups in total. The van der Waals surface area contributed by atoms with Gasteiger partial charge in [-0.3, -0.25) is 4.79 Å². The van der Waals surface area contributed by atoms with E-state index in [0.29, 0.717) is 12.5 Å². The first-order chi connectivity index (χ1) is 11.6. The van der Waals surface area contributed by atoms with Gasteiger partial charge in [-0.15, -0.1) is 0 Å². The normalized spacial score (nSPS) is 18.8. The minimum atomic E-state index is 0.0581. The molecule has 0 heterocycles. The highest BCUT2D eigenvalue weighted by molar-refractivity contribution is 9.10. The molecule has 126 valence electrons. The Hall–Kier alpha value is -2.01. The van der Waals surface area contributed by atoms with E-state index in [1.165, 1.54) is 5.56 Å². The van der Waals surface area contributed by atoms with Gasteiger partial charge in [0.15, 0.2) is 0 Å². The summed E-state index contributed by atoms with van der Waals surface area (Å²) < 4.78 is 11.6. The lowest BCUT2D eigenvalue weighted by Gasteiger charge is -2.11. The lowest BCUT2D eigenvalue weighted by atomic mass is 10.1. The second kappa shape index (κ2) is 7.26. The van der Waals surface area contributed by atoms with Crippen LogP contribution in [0.4, 0.5) is 0 Å². The zero-order valence-corrected chi connectivity index (χ0v) is 15.3. The van der Waals surface area contributed by atoms with E-state index >= 15 is 0 Å². The van der Waals surface area contributed by atoms with Gasteiger partial charge in [-0.25, -0.2) is 0 Å². The predicted molar refractivity (Wildman–Crippen MR) is 96.4 cm³/mol. The van der Waals surface area contributed by atoms with Crippen LogP contribution in [0.1, 0.15) is 23.5 Å². The SMILES string of the molecule is COc1ccc(OC)c(CNC(=O)C2CC2c2ccc(Br)cc2)c1. The summed E-state index contributed by atoms with van der Waals surface area (Å²) in [5.41, 5.74) is 2.13. The van der Waals surface area contributed by atoms with Crippen LogP contribution in [0.15, 0.2) is 46.9 Å². The number of benzene rings is 2. The van der Waals surface area contributed by atoms with Crippen molar-refractivity contribution in [3.05, 3.63) is 58.1 Å². The molecule has 2 aromatic carbocycles. The average molecular weight is 390 g/mol. The molecule has 2 atom stereocenters. The molecule has 1 amide bonds. The minimum Gasteiger partial charge on any atom is -0.497 e. The van der Waals surface area contributed by atoms with E-state index in [1.54, 1.807) is 14.2 Å². The summed E-state index contributed by atoms with van der Waals surface area (Å²) in [6.07, 6.45) is 0.905. The van der Waals surface area contributed by atoms with Gasteiger partial charge < -0.3 is 14.8 Å². The van der Waals surface area contributed by atoms with Gasteiger partial charge in [0, 0.05) is 22.5 Å². The first-order valence-corrected chi connectivity index (χ1v) is 8.65. The third-order valence-electron chi connectivity index (χ3n) is 4.37. The number of ether oxygens (including phenoxy) is 2. The Morgan fingerprint density at radius 2 is 1.92 bits per heavy atom. The van der Waals surface area contributed by atoms with Crippen molar-refractivity contribution in [2.45, 2.75) is 18.9 Å². The van der Waals surface area contributed by atoms with Crippen molar-refractivity contribution in [2.75, 3.05) is 14.2 Å². The van der Waals surface area contributed by atoms with Gasteiger partial charge in [-0.05, 0) is 48.2 Å². The molecule has 1 saturated carbocycles. The second-order valence-electron chi connectivity index (χ2n) is 5.90. The smallest absolute Gasteiger partial charge is 0.224 e. The van der Waals surface area contributed by atoms with Gasteiger partial charge in [-0.1, -0.05) is 28.1 Å². The number of carbonyl (C=O) groups excluding carboxylic acids is 1. The Bertz CT molecular complexity index is 730. The molecule has 1 aliphatic rings. The third kappa shape index (κ3) is 3.73. The molecule has 0 spiro atoms. The van der Waals surface area contributed by atoms with Crippen LogP contribution in [0, 0.1) is 5.92 Å². The van der Waals surface area contributed by atoms with Crippen LogP contribution in [-0.4, -0.2) is 20.1 Å². The molecule has 1 aliphatic carbocycles. The second-order valence-corrected chi connectivity index (χ2v) is 6.81. The predicted octanol–water partition coefficient (Wildman–Crippen LogP) is 3.89. The van der Waals surface area contributed by atoms with Crippen LogP contribution in [-0.2, 0) is 11.3 Å². The summed E-state index contributed by atoms with van der Waals surface area (Å²) in [4.78, 5) is 12.4. The zero-order chi connectivity index (χ0) is 17.1. The van der Waals surface area contributed by atoms with Crippen LogP contribution in [0.5, 0.6) is 11.5 Å². The molecule has 2 aromatic rings. The molecule has 1 fully saturated rings. The fourth-order valence-corrected chi connectivity index (χ4v) is 3.16. The minimum absolute atomic E-state index is 0.0581. The summed E-state index contributed by atoms with van der Waals surface area (Å²) >= 11 is 3.43. The molecule has 0 aliphatic heterocycles. The first-order valence-electron chi connectivity index (χ1n) is 7.86. The van der Waals surface area contributed by atoms with Crippen molar-refractivity contribution in [3.8, 4) is 11.5 Å². The van der Waals surface area contributed by atoms with Gasteiger partial charge >= 0.3 is 0 Å². The van der Waals surface area contributed by atoms with Gasteiger partial charge in [-0.2, -0.15) is 0 Å². The lowest BCUT2D eigenvalue weighted by Crippen LogP contribution is -2.25. The zero-order valence-electron chi connectivity index (χ0n) is 13.7. The van der Waals surface area contributed by atoms with E-state index < -0.39 is 0 Å². The quantitative estimate of drug-likeness (QED) is 0.814. The molecule has 5 heteroatoms. The van der Waals surface area contributed by atoms with E-state index in [2.05, 4.69) is 33.4 Å². The number of nitrogens with one attached hydrogen (secondary N) is 1. The average Bonchev–Trinajstić information content (AvgIpc) is 3.40. The van der Waals surface area contributed by atoms with Crippen molar-refractivity contribution in [1.29, 1.82) is 0 Å². The standard InChI is InChI=1S/C19H20BrNO3/c1-23-15-7-8-18(24-2)13(9-15)11-21-19(22)17-10-16(17)12-3-5-14(20)6-4-12/h3-9,16-17H,10-11H2,1-2H3,(H,21,22). The molecule has 3 rings (SSSR count). The van der Waals surface area contributed by atoms with Gasteiger partial charge in [0.1, 0.15) is 11.5 Å².